The van der Waals surface area contributed by atoms with Gasteiger partial charge >= 0.3 is 0 Å². The van der Waals surface area contributed by atoms with Gasteiger partial charge in [-0.1, -0.05) is 71.7 Å². The first-order chi connectivity index (χ1) is 29.7. The molecule has 1 saturated heterocycles. The van der Waals surface area contributed by atoms with E-state index in [0.29, 0.717) is 54.7 Å². The van der Waals surface area contributed by atoms with Gasteiger partial charge in [-0.25, -0.2) is 14.6 Å². The summed E-state index contributed by atoms with van der Waals surface area (Å²) in [5, 5.41) is 24.9. The topological polar surface area (TPSA) is 180 Å². The quantitative estimate of drug-likeness (QED) is 0.0335. The average Bonchev–Trinajstić information content (AvgIpc) is 3.89. The zero-order chi connectivity index (χ0) is 44.1. The van der Waals surface area contributed by atoms with Gasteiger partial charge in [0, 0.05) is 63.0 Å². The Morgan fingerprint density at radius 3 is 2.33 bits per heavy atom. The first kappa shape index (κ1) is 48.8. The summed E-state index contributed by atoms with van der Waals surface area (Å²) in [6, 6.07) is 16.3. The maximum Gasteiger partial charge on any atom is 0.220 e. The molecule has 1 aliphatic heterocycles. The number of anilines is 2. The highest BCUT2D eigenvalue weighted by Gasteiger charge is 2.31. The minimum atomic E-state index is 0.0337. The Balaban J connectivity index is 0.000000408. The molecule has 0 bridgehead atoms. The average molecular weight is 841 g/mol. The Bertz CT molecular complexity index is 1920. The maximum absolute atomic E-state index is 11.3. The molecule has 14 heteroatoms. The molecule has 1 amide bonds. The van der Waals surface area contributed by atoms with E-state index in [1.165, 1.54) is 25.6 Å². The molecular formula is C47H72N10O4. The number of hydrogen-bond donors (Lipinski definition) is 5. The molecule has 334 valence electrons. The summed E-state index contributed by atoms with van der Waals surface area (Å²) in [7, 11) is 0. The number of aromatic nitrogens is 4. The molecule has 2 aromatic carbocycles. The number of nitrogens with zero attached hydrogens (tertiary/aromatic N) is 6. The van der Waals surface area contributed by atoms with Crippen LogP contribution in [0.3, 0.4) is 0 Å². The number of para-hydroxylation sites is 1. The number of carbonyl (C=O) groups is 1. The molecule has 3 fully saturated rings. The van der Waals surface area contributed by atoms with E-state index in [1.54, 1.807) is 6.08 Å². The van der Waals surface area contributed by atoms with Gasteiger partial charge in [0.2, 0.25) is 5.91 Å². The van der Waals surface area contributed by atoms with Gasteiger partial charge in [-0.2, -0.15) is 5.10 Å². The molecule has 2 aliphatic carbocycles. The molecule has 2 unspecified atom stereocenters. The molecule has 3 heterocycles. The molecule has 4 aromatic rings. The lowest BCUT2D eigenvalue weighted by atomic mass is 9.90. The van der Waals surface area contributed by atoms with Gasteiger partial charge in [0.25, 0.3) is 0 Å². The fourth-order valence-electron chi connectivity index (χ4n) is 8.41. The Hall–Kier alpha value is -4.89. The largest absolute Gasteiger partial charge is 0.455 e. The Labute approximate surface area is 363 Å². The van der Waals surface area contributed by atoms with Crippen LogP contribution in [0.4, 0.5) is 11.5 Å². The van der Waals surface area contributed by atoms with Crippen molar-refractivity contribution >= 4 is 34.2 Å². The van der Waals surface area contributed by atoms with Crippen LogP contribution in [0.1, 0.15) is 99.0 Å². The van der Waals surface area contributed by atoms with E-state index in [0.717, 1.165) is 92.2 Å². The van der Waals surface area contributed by atoms with Crippen LogP contribution in [-0.2, 0) is 9.63 Å². The number of nitrogens with two attached hydrogens (primary N) is 1. The Morgan fingerprint density at radius 2 is 1.69 bits per heavy atom. The van der Waals surface area contributed by atoms with E-state index in [4.69, 9.17) is 30.9 Å². The predicted octanol–water partition coefficient (Wildman–Crippen LogP) is 8.51. The number of hydrogen-bond acceptors (Lipinski definition) is 12. The number of ether oxygens (including phenoxy) is 1. The number of aliphatic hydroxyl groups excluding tert-OH is 1. The van der Waals surface area contributed by atoms with Crippen LogP contribution in [0.5, 0.6) is 11.5 Å². The van der Waals surface area contributed by atoms with Crippen molar-refractivity contribution in [2.24, 2.45) is 11.8 Å². The molecule has 61 heavy (non-hydrogen) atoms. The normalized spacial score (nSPS) is 20.2. The fraction of sp³-hybridized carbons (Fsp3) is 0.553. The van der Waals surface area contributed by atoms with Gasteiger partial charge in [-0.15, -0.1) is 6.58 Å². The monoisotopic (exact) mass is 841 g/mol. The van der Waals surface area contributed by atoms with Crippen LogP contribution in [0.15, 0.2) is 67.5 Å². The molecule has 2 atom stereocenters. The van der Waals surface area contributed by atoms with Crippen LogP contribution >= 0.6 is 0 Å². The number of rotatable bonds is 15. The van der Waals surface area contributed by atoms with Crippen molar-refractivity contribution < 1.29 is 19.5 Å². The number of amides is 1. The first-order valence-corrected chi connectivity index (χ1v) is 22.5. The third kappa shape index (κ3) is 14.1. The van der Waals surface area contributed by atoms with Crippen molar-refractivity contribution in [1.82, 2.24) is 34.9 Å². The van der Waals surface area contributed by atoms with Crippen LogP contribution < -0.4 is 21.3 Å². The number of piperazine rings is 1. The van der Waals surface area contributed by atoms with Gasteiger partial charge in [-0.3, -0.25) is 24.9 Å². The van der Waals surface area contributed by atoms with Crippen molar-refractivity contribution in [1.29, 1.82) is 5.41 Å². The minimum Gasteiger partial charge on any atom is -0.455 e. The van der Waals surface area contributed by atoms with Gasteiger partial charge in [0.15, 0.2) is 11.4 Å². The van der Waals surface area contributed by atoms with E-state index < -0.39 is 0 Å². The summed E-state index contributed by atoms with van der Waals surface area (Å²) in [6.45, 7) is 21.6. The van der Waals surface area contributed by atoms with Gasteiger partial charge in [-0.05, 0) is 81.2 Å². The molecular weight excluding hydrogens is 769 g/mol. The Morgan fingerprint density at radius 1 is 0.984 bits per heavy atom. The summed E-state index contributed by atoms with van der Waals surface area (Å²) in [4.78, 5) is 30.9. The second-order valence-corrected chi connectivity index (χ2v) is 15.6. The van der Waals surface area contributed by atoms with Crippen molar-refractivity contribution in [3.63, 3.8) is 0 Å². The third-order valence-corrected chi connectivity index (χ3v) is 11.4. The van der Waals surface area contributed by atoms with Crippen molar-refractivity contribution in [3.05, 3.63) is 67.5 Å². The summed E-state index contributed by atoms with van der Waals surface area (Å²) < 4.78 is 8.23. The lowest BCUT2D eigenvalue weighted by molar-refractivity contribution is -0.122. The molecule has 2 aromatic heterocycles. The van der Waals surface area contributed by atoms with E-state index >= 15 is 0 Å². The van der Waals surface area contributed by atoms with Crippen LogP contribution in [0.25, 0.3) is 22.3 Å². The minimum absolute atomic E-state index is 0.0337. The number of benzene rings is 2. The molecule has 14 nitrogen and oxygen atoms in total. The highest BCUT2D eigenvalue weighted by atomic mass is 16.6. The molecule has 2 saturated carbocycles. The van der Waals surface area contributed by atoms with Crippen LogP contribution in [0, 0.1) is 17.2 Å². The SMILES string of the molecule is C=CCONc1cc(-c2nn(C3CCC(N4CCN(CC(C)=N)CC4)CC3)c3ncnc(N)c23)ccc1Oc1ccccc1.CC.CC.CC1CCCC1CC(=O)NCCO. The summed E-state index contributed by atoms with van der Waals surface area (Å²) >= 11 is 0. The van der Waals surface area contributed by atoms with Gasteiger partial charge in [0.1, 0.15) is 29.3 Å². The number of carbonyl (C=O) groups excluding carboxylic acids is 1. The second-order valence-electron chi connectivity index (χ2n) is 15.6. The van der Waals surface area contributed by atoms with Crippen LogP contribution in [0.2, 0.25) is 0 Å². The van der Waals surface area contributed by atoms with E-state index in [-0.39, 0.29) is 18.6 Å². The third-order valence-electron chi connectivity index (χ3n) is 11.4. The lowest BCUT2D eigenvalue weighted by Crippen LogP contribution is -2.51. The lowest BCUT2D eigenvalue weighted by Gasteiger charge is -2.42. The molecule has 0 radical (unpaired) electrons. The molecule has 3 aliphatic rings. The fourth-order valence-corrected chi connectivity index (χ4v) is 8.41. The number of aliphatic hydroxyl groups is 1. The predicted molar refractivity (Wildman–Crippen MR) is 248 cm³/mol. The summed E-state index contributed by atoms with van der Waals surface area (Å²) in [6.07, 6.45) is 11.8. The highest BCUT2D eigenvalue weighted by Crippen LogP contribution is 2.40. The highest BCUT2D eigenvalue weighted by molar-refractivity contribution is 5.98. The van der Waals surface area contributed by atoms with Crippen LogP contribution in [-0.4, -0.2) is 105 Å². The van der Waals surface area contributed by atoms with E-state index in [9.17, 15) is 4.79 Å². The zero-order valence-corrected chi connectivity index (χ0v) is 37.5. The van der Waals surface area contributed by atoms with Gasteiger partial charge in [0.05, 0.1) is 24.6 Å². The standard InChI is InChI=1S/C33H41N9O2.C10H19NO2.2C2H6/c1-3-19-43-39-28-20-24(9-14-29(28)44-27-7-5-4-6-8-27)31-30-32(35)36-22-37-33(30)42(38-31)26-12-10-25(11-13-26)41-17-15-40(16-18-41)21-23(2)34;1-8-3-2-4-9(8)7-10(13)11-5-6-12;2*1-2/h3-9,14,20,22,25-26,34,39H,1,10-13,15-19,21H2,2H3,(H2,35,36,37);8-9,12H,2-7H2,1H3,(H,11,13);2*1-2H3. The van der Waals surface area contributed by atoms with Crippen molar-refractivity contribution in [3.8, 4) is 22.8 Å². The van der Waals surface area contributed by atoms with Gasteiger partial charge < -0.3 is 26.3 Å². The summed E-state index contributed by atoms with van der Waals surface area (Å²) in [5.74, 6) is 3.10. The maximum atomic E-state index is 11.3. The zero-order valence-electron chi connectivity index (χ0n) is 37.5. The molecule has 0 spiro atoms. The number of nitrogens with one attached hydrogen (secondary N) is 3. The molecule has 6 N–H and O–H groups in total. The smallest absolute Gasteiger partial charge is 0.220 e. The van der Waals surface area contributed by atoms with E-state index in [1.807, 2.05) is 83.1 Å². The second kappa shape index (κ2) is 25.8. The number of fused-ring (bicyclic) bond motifs is 1. The first-order valence-electron chi connectivity index (χ1n) is 22.5. The van der Waals surface area contributed by atoms with Crippen molar-refractivity contribution in [2.45, 2.75) is 105 Å². The Kier molecular flexibility index (Phi) is 20.6. The van der Waals surface area contributed by atoms with Crippen molar-refractivity contribution in [2.75, 3.05) is 63.7 Å². The van der Waals surface area contributed by atoms with E-state index in [2.05, 4.69) is 48.7 Å². The number of nitrogen functional groups attached to an aromatic ring is 1. The summed E-state index contributed by atoms with van der Waals surface area (Å²) in [5.41, 5.74) is 13.2. The molecule has 7 rings (SSSR count).